The van der Waals surface area contributed by atoms with Crippen molar-refractivity contribution in [2.75, 3.05) is 59.6 Å². The van der Waals surface area contributed by atoms with Gasteiger partial charge >= 0.3 is 6.03 Å². The molecule has 17 heavy (non-hydrogen) atoms. The van der Waals surface area contributed by atoms with Crippen LogP contribution in [-0.4, -0.2) is 81.5 Å². The number of hydrogen-bond donors (Lipinski definition) is 1. The van der Waals surface area contributed by atoms with Crippen LogP contribution in [-0.2, 0) is 9.47 Å². The quantitative estimate of drug-likeness (QED) is 0.701. The van der Waals surface area contributed by atoms with Crippen molar-refractivity contribution in [2.45, 2.75) is 6.10 Å². The molecule has 2 saturated heterocycles. The number of carbonyl (C=O) groups excluding carboxylic acids is 1. The average Bonchev–Trinajstić information content (AvgIpc) is 2.40. The number of rotatable bonds is 2. The number of likely N-dealkylation sites (N-methyl/N-ethyl adjacent to an activating group) is 1. The standard InChI is InChI=1S/C11H21N3O3/c1-12-8-10-9-14(4-7-17-10)11(15)13-2-5-16-6-3-13/h10,12H,2-9H2,1H3. The van der Waals surface area contributed by atoms with Crippen LogP contribution < -0.4 is 5.32 Å². The first-order valence-corrected chi connectivity index (χ1v) is 6.19. The van der Waals surface area contributed by atoms with Crippen LogP contribution in [0.4, 0.5) is 4.79 Å². The number of ether oxygens (including phenoxy) is 2. The van der Waals surface area contributed by atoms with Crippen LogP contribution in [0.25, 0.3) is 0 Å². The molecule has 0 bridgehead atoms. The van der Waals surface area contributed by atoms with Crippen LogP contribution in [0.2, 0.25) is 0 Å². The molecule has 2 amide bonds. The summed E-state index contributed by atoms with van der Waals surface area (Å²) < 4.78 is 10.8. The van der Waals surface area contributed by atoms with Gasteiger partial charge < -0.3 is 24.6 Å². The smallest absolute Gasteiger partial charge is 0.320 e. The Balaban J connectivity index is 1.85. The van der Waals surface area contributed by atoms with Crippen molar-refractivity contribution in [2.24, 2.45) is 0 Å². The molecule has 0 spiro atoms. The Kier molecular flexibility index (Phi) is 4.58. The van der Waals surface area contributed by atoms with Gasteiger partial charge in [0.1, 0.15) is 0 Å². The van der Waals surface area contributed by atoms with Crippen LogP contribution in [0, 0.1) is 0 Å². The van der Waals surface area contributed by atoms with Gasteiger partial charge in [0.2, 0.25) is 0 Å². The fraction of sp³-hybridized carbons (Fsp3) is 0.909. The molecule has 2 aliphatic rings. The maximum atomic E-state index is 12.2. The Morgan fingerprint density at radius 3 is 2.65 bits per heavy atom. The molecule has 2 heterocycles. The van der Waals surface area contributed by atoms with Crippen LogP contribution in [0.1, 0.15) is 0 Å². The predicted octanol–water partition coefficient (Wildman–Crippen LogP) is -0.641. The van der Waals surface area contributed by atoms with Crippen molar-refractivity contribution >= 4 is 6.03 Å². The molecule has 0 radical (unpaired) electrons. The second-order valence-corrected chi connectivity index (χ2v) is 4.38. The van der Waals surface area contributed by atoms with Crippen molar-refractivity contribution in [3.63, 3.8) is 0 Å². The molecule has 0 aromatic heterocycles. The molecule has 1 unspecified atom stereocenters. The third kappa shape index (κ3) is 3.31. The Labute approximate surface area is 102 Å². The summed E-state index contributed by atoms with van der Waals surface area (Å²) in [5, 5.41) is 3.08. The van der Waals surface area contributed by atoms with Gasteiger partial charge in [-0.05, 0) is 7.05 Å². The van der Waals surface area contributed by atoms with E-state index in [-0.39, 0.29) is 12.1 Å². The number of nitrogens with zero attached hydrogens (tertiary/aromatic N) is 2. The molecule has 0 aromatic carbocycles. The fourth-order valence-corrected chi connectivity index (χ4v) is 2.20. The highest BCUT2D eigenvalue weighted by Gasteiger charge is 2.27. The molecule has 2 aliphatic heterocycles. The van der Waals surface area contributed by atoms with E-state index in [0.717, 1.165) is 6.54 Å². The second-order valence-electron chi connectivity index (χ2n) is 4.38. The summed E-state index contributed by atoms with van der Waals surface area (Å²) in [6.07, 6.45) is 0.110. The predicted molar refractivity (Wildman–Crippen MR) is 63.0 cm³/mol. The Bertz CT molecular complexity index is 254. The summed E-state index contributed by atoms with van der Waals surface area (Å²) in [6, 6.07) is 0.123. The molecule has 1 atom stereocenters. The highest BCUT2D eigenvalue weighted by molar-refractivity contribution is 5.74. The minimum atomic E-state index is 0.110. The van der Waals surface area contributed by atoms with Crippen molar-refractivity contribution in [1.82, 2.24) is 15.1 Å². The van der Waals surface area contributed by atoms with E-state index >= 15 is 0 Å². The zero-order chi connectivity index (χ0) is 12.1. The Morgan fingerprint density at radius 2 is 1.94 bits per heavy atom. The topological polar surface area (TPSA) is 54.0 Å². The first-order valence-electron chi connectivity index (χ1n) is 6.19. The molecule has 6 heteroatoms. The maximum Gasteiger partial charge on any atom is 0.320 e. The number of hydrogen-bond acceptors (Lipinski definition) is 4. The highest BCUT2D eigenvalue weighted by atomic mass is 16.5. The second kappa shape index (κ2) is 6.18. The van der Waals surface area contributed by atoms with E-state index in [4.69, 9.17) is 9.47 Å². The van der Waals surface area contributed by atoms with Crippen LogP contribution in [0.5, 0.6) is 0 Å². The summed E-state index contributed by atoms with van der Waals surface area (Å²) in [5.74, 6) is 0. The van der Waals surface area contributed by atoms with Gasteiger partial charge in [0.25, 0.3) is 0 Å². The third-order valence-corrected chi connectivity index (χ3v) is 3.12. The summed E-state index contributed by atoms with van der Waals surface area (Å²) in [5.41, 5.74) is 0. The van der Waals surface area contributed by atoms with Crippen molar-refractivity contribution in [1.29, 1.82) is 0 Å². The van der Waals surface area contributed by atoms with Gasteiger partial charge in [0, 0.05) is 32.7 Å². The zero-order valence-electron chi connectivity index (χ0n) is 10.4. The van der Waals surface area contributed by atoms with E-state index in [1.165, 1.54) is 0 Å². The summed E-state index contributed by atoms with van der Waals surface area (Å²) in [7, 11) is 1.89. The normalized spacial score (nSPS) is 26.1. The van der Waals surface area contributed by atoms with E-state index < -0.39 is 0 Å². The van der Waals surface area contributed by atoms with Crippen LogP contribution in [0.15, 0.2) is 0 Å². The maximum absolute atomic E-state index is 12.2. The lowest BCUT2D eigenvalue weighted by atomic mass is 10.2. The SMILES string of the molecule is CNCC1CN(C(=O)N2CCOCC2)CCO1. The molecule has 2 rings (SSSR count). The number of nitrogens with one attached hydrogen (secondary N) is 1. The van der Waals surface area contributed by atoms with Gasteiger partial charge in [0.05, 0.1) is 25.9 Å². The molecule has 2 fully saturated rings. The van der Waals surface area contributed by atoms with E-state index in [9.17, 15) is 4.79 Å². The molecule has 6 nitrogen and oxygen atoms in total. The van der Waals surface area contributed by atoms with Gasteiger partial charge in [-0.25, -0.2) is 4.79 Å². The van der Waals surface area contributed by atoms with Crippen molar-refractivity contribution in [3.05, 3.63) is 0 Å². The lowest BCUT2D eigenvalue weighted by Crippen LogP contribution is -2.54. The van der Waals surface area contributed by atoms with E-state index in [0.29, 0.717) is 46.0 Å². The fourth-order valence-electron chi connectivity index (χ4n) is 2.20. The Hall–Kier alpha value is -0.850. The number of carbonyl (C=O) groups is 1. The average molecular weight is 243 g/mol. The first kappa shape index (κ1) is 12.6. The van der Waals surface area contributed by atoms with E-state index in [1.807, 2.05) is 16.8 Å². The van der Waals surface area contributed by atoms with Gasteiger partial charge in [0.15, 0.2) is 0 Å². The van der Waals surface area contributed by atoms with Gasteiger partial charge in [-0.1, -0.05) is 0 Å². The van der Waals surface area contributed by atoms with Crippen LogP contribution >= 0.6 is 0 Å². The molecule has 0 saturated carbocycles. The van der Waals surface area contributed by atoms with Crippen LogP contribution in [0.3, 0.4) is 0 Å². The third-order valence-electron chi connectivity index (χ3n) is 3.12. The van der Waals surface area contributed by atoms with Gasteiger partial charge in [-0.3, -0.25) is 0 Å². The minimum Gasteiger partial charge on any atom is -0.378 e. The van der Waals surface area contributed by atoms with Gasteiger partial charge in [-0.15, -0.1) is 0 Å². The zero-order valence-corrected chi connectivity index (χ0v) is 10.4. The molecular formula is C11H21N3O3. The van der Waals surface area contributed by atoms with Crippen molar-refractivity contribution in [3.8, 4) is 0 Å². The summed E-state index contributed by atoms with van der Waals surface area (Å²) >= 11 is 0. The molecule has 0 aliphatic carbocycles. The largest absolute Gasteiger partial charge is 0.378 e. The van der Waals surface area contributed by atoms with E-state index in [1.54, 1.807) is 0 Å². The summed E-state index contributed by atoms with van der Waals surface area (Å²) in [6.45, 7) is 5.48. The van der Waals surface area contributed by atoms with Crippen molar-refractivity contribution < 1.29 is 14.3 Å². The first-order chi connectivity index (χ1) is 8.31. The lowest BCUT2D eigenvalue weighted by molar-refractivity contribution is -0.0233. The summed E-state index contributed by atoms with van der Waals surface area (Å²) in [4.78, 5) is 16.0. The van der Waals surface area contributed by atoms with E-state index in [2.05, 4.69) is 5.32 Å². The monoisotopic (exact) mass is 243 g/mol. The number of morpholine rings is 2. The van der Waals surface area contributed by atoms with Gasteiger partial charge in [-0.2, -0.15) is 0 Å². The number of amides is 2. The Morgan fingerprint density at radius 1 is 1.24 bits per heavy atom. The molecule has 1 N–H and O–H groups in total. The number of urea groups is 1. The molecular weight excluding hydrogens is 222 g/mol. The highest BCUT2D eigenvalue weighted by Crippen LogP contribution is 2.09. The minimum absolute atomic E-state index is 0.110. The lowest BCUT2D eigenvalue weighted by Gasteiger charge is -2.37. The molecule has 98 valence electrons. The molecule has 0 aromatic rings.